The van der Waals surface area contributed by atoms with Crippen LogP contribution in [-0.4, -0.2) is 43.8 Å². The number of aromatic nitrogens is 4. The van der Waals surface area contributed by atoms with Crippen LogP contribution in [0.4, 0.5) is 4.39 Å². The van der Waals surface area contributed by atoms with Gasteiger partial charge in [0.15, 0.2) is 5.89 Å². The lowest BCUT2D eigenvalue weighted by Gasteiger charge is -2.31. The first-order chi connectivity index (χ1) is 16.2. The van der Waals surface area contributed by atoms with Gasteiger partial charge in [-0.1, -0.05) is 18.2 Å². The lowest BCUT2D eigenvalue weighted by Crippen LogP contribution is -2.39. The summed E-state index contributed by atoms with van der Waals surface area (Å²) >= 11 is 0. The number of carbonyl (C=O) groups excluding carboxylic acids is 1. The molecule has 8 heteroatoms. The van der Waals surface area contributed by atoms with Gasteiger partial charge in [-0.3, -0.25) is 4.79 Å². The van der Waals surface area contributed by atoms with Crippen LogP contribution in [0, 0.1) is 5.82 Å². The molecule has 4 heterocycles. The molecule has 166 valence electrons. The number of pyridine rings is 1. The van der Waals surface area contributed by atoms with E-state index in [4.69, 9.17) is 4.42 Å². The fourth-order valence-corrected chi connectivity index (χ4v) is 4.11. The van der Waals surface area contributed by atoms with Crippen LogP contribution < -0.4 is 0 Å². The van der Waals surface area contributed by atoms with Crippen molar-refractivity contribution in [1.82, 2.24) is 24.8 Å². The molecule has 0 bridgehead atoms. The monoisotopic (exact) mass is 443 g/mol. The average Bonchev–Trinajstić information content (AvgIpc) is 3.33. The number of nitrogens with zero attached hydrogens (tertiary/aromatic N) is 5. The summed E-state index contributed by atoms with van der Waals surface area (Å²) in [6.45, 7) is 1.17. The summed E-state index contributed by atoms with van der Waals surface area (Å²) in [7, 11) is 0. The maximum atomic E-state index is 13.5. The summed E-state index contributed by atoms with van der Waals surface area (Å²) in [5.41, 5.74) is 2.63. The third kappa shape index (κ3) is 4.79. The molecule has 1 atom stereocenters. The van der Waals surface area contributed by atoms with Crippen molar-refractivity contribution in [2.75, 3.05) is 13.1 Å². The fraction of sp³-hybridized carbons (Fsp3) is 0.240. The second kappa shape index (κ2) is 9.28. The summed E-state index contributed by atoms with van der Waals surface area (Å²) in [4.78, 5) is 32.0. The van der Waals surface area contributed by atoms with Gasteiger partial charge in [-0.2, -0.15) is 0 Å². The van der Waals surface area contributed by atoms with Crippen LogP contribution in [0.1, 0.15) is 46.5 Å². The van der Waals surface area contributed by atoms with E-state index in [2.05, 4.69) is 19.9 Å². The topological polar surface area (TPSA) is 85.0 Å². The Kier molecular flexibility index (Phi) is 5.89. The van der Waals surface area contributed by atoms with E-state index in [1.807, 2.05) is 18.2 Å². The molecular formula is C25H22FN5O2. The molecule has 33 heavy (non-hydrogen) atoms. The molecule has 1 unspecified atom stereocenters. The highest BCUT2D eigenvalue weighted by Gasteiger charge is 2.29. The maximum absolute atomic E-state index is 13.5. The zero-order valence-electron chi connectivity index (χ0n) is 17.9. The first-order valence-corrected chi connectivity index (χ1v) is 10.9. The number of piperidine rings is 1. The zero-order chi connectivity index (χ0) is 22.6. The van der Waals surface area contributed by atoms with Crippen LogP contribution in [0.2, 0.25) is 0 Å². The van der Waals surface area contributed by atoms with Crippen molar-refractivity contribution in [2.45, 2.75) is 25.2 Å². The molecule has 0 radical (unpaired) electrons. The Bertz CT molecular complexity index is 1260. The summed E-state index contributed by atoms with van der Waals surface area (Å²) in [5.74, 6) is 0.909. The number of likely N-dealkylation sites (tertiary alicyclic amines) is 1. The van der Waals surface area contributed by atoms with Crippen molar-refractivity contribution in [3.05, 3.63) is 96.1 Å². The number of oxazole rings is 1. The standard InChI is InChI=1S/C25H22FN5O2/c26-20-6-1-4-17(10-20)11-21-14-29-24(33-21)18-5-3-9-31(15-18)25(32)23-8-2-7-22(30-23)19-12-27-16-28-13-19/h1-2,4,6-8,10,12-14,16,18H,3,5,9,11,15H2. The fourth-order valence-electron chi connectivity index (χ4n) is 4.11. The molecule has 3 aromatic heterocycles. The second-order valence-corrected chi connectivity index (χ2v) is 8.10. The van der Waals surface area contributed by atoms with E-state index in [1.165, 1.54) is 18.5 Å². The van der Waals surface area contributed by atoms with Crippen molar-refractivity contribution >= 4 is 5.91 Å². The molecule has 5 rings (SSSR count). The molecule has 0 spiro atoms. The molecule has 1 amide bonds. The van der Waals surface area contributed by atoms with Crippen molar-refractivity contribution in [3.63, 3.8) is 0 Å². The third-order valence-electron chi connectivity index (χ3n) is 5.72. The highest BCUT2D eigenvalue weighted by Crippen LogP contribution is 2.28. The van der Waals surface area contributed by atoms with Crippen molar-refractivity contribution in [1.29, 1.82) is 0 Å². The summed E-state index contributed by atoms with van der Waals surface area (Å²) < 4.78 is 19.4. The summed E-state index contributed by atoms with van der Waals surface area (Å²) in [6.07, 6.45) is 8.70. The number of hydrogen-bond acceptors (Lipinski definition) is 6. The van der Waals surface area contributed by atoms with Crippen LogP contribution in [-0.2, 0) is 6.42 Å². The molecule has 1 aromatic carbocycles. The van der Waals surface area contributed by atoms with E-state index in [0.717, 1.165) is 24.0 Å². The molecular weight excluding hydrogens is 421 g/mol. The molecule has 0 saturated carbocycles. The number of amides is 1. The van der Waals surface area contributed by atoms with Gasteiger partial charge in [0, 0.05) is 37.5 Å². The van der Waals surface area contributed by atoms with Gasteiger partial charge in [0.1, 0.15) is 23.6 Å². The SMILES string of the molecule is O=C(c1cccc(-c2cncnc2)n1)N1CCCC(c2ncc(Cc3cccc(F)c3)o2)C1. The zero-order valence-corrected chi connectivity index (χ0v) is 17.9. The van der Waals surface area contributed by atoms with Gasteiger partial charge < -0.3 is 9.32 Å². The van der Waals surface area contributed by atoms with E-state index >= 15 is 0 Å². The largest absolute Gasteiger partial charge is 0.445 e. The van der Waals surface area contributed by atoms with Crippen LogP contribution >= 0.6 is 0 Å². The van der Waals surface area contributed by atoms with E-state index in [9.17, 15) is 9.18 Å². The van der Waals surface area contributed by atoms with E-state index < -0.39 is 0 Å². The molecule has 7 nitrogen and oxygen atoms in total. The molecule has 0 N–H and O–H groups in total. The molecule has 1 aliphatic rings. The molecule has 1 saturated heterocycles. The van der Waals surface area contributed by atoms with Crippen molar-refractivity contribution in [2.24, 2.45) is 0 Å². The highest BCUT2D eigenvalue weighted by molar-refractivity contribution is 5.93. The first-order valence-electron chi connectivity index (χ1n) is 10.9. The number of carbonyl (C=O) groups is 1. The van der Waals surface area contributed by atoms with E-state index in [-0.39, 0.29) is 17.6 Å². The van der Waals surface area contributed by atoms with Crippen LogP contribution in [0.25, 0.3) is 11.3 Å². The molecule has 1 fully saturated rings. The minimum absolute atomic E-state index is 0.00895. The van der Waals surface area contributed by atoms with Gasteiger partial charge in [0.25, 0.3) is 5.91 Å². The summed E-state index contributed by atoms with van der Waals surface area (Å²) in [6, 6.07) is 11.8. The first kappa shape index (κ1) is 20.9. The Morgan fingerprint density at radius 2 is 1.97 bits per heavy atom. The number of rotatable bonds is 5. The second-order valence-electron chi connectivity index (χ2n) is 8.10. The Morgan fingerprint density at radius 1 is 1.12 bits per heavy atom. The number of halogens is 1. The smallest absolute Gasteiger partial charge is 0.272 e. The van der Waals surface area contributed by atoms with E-state index in [1.54, 1.807) is 35.6 Å². The Labute approximate surface area is 190 Å². The van der Waals surface area contributed by atoms with Gasteiger partial charge in [0.05, 0.1) is 17.8 Å². The van der Waals surface area contributed by atoms with Gasteiger partial charge >= 0.3 is 0 Å². The third-order valence-corrected chi connectivity index (χ3v) is 5.72. The minimum Gasteiger partial charge on any atom is -0.445 e. The molecule has 1 aliphatic heterocycles. The lowest BCUT2D eigenvalue weighted by atomic mass is 9.97. The predicted octanol–water partition coefficient (Wildman–Crippen LogP) is 4.28. The average molecular weight is 443 g/mol. The number of benzene rings is 1. The lowest BCUT2D eigenvalue weighted by molar-refractivity contribution is 0.0692. The summed E-state index contributed by atoms with van der Waals surface area (Å²) in [5, 5.41) is 0. The normalized spacial score (nSPS) is 16.0. The molecule has 0 aliphatic carbocycles. The van der Waals surface area contributed by atoms with Crippen molar-refractivity contribution in [3.8, 4) is 11.3 Å². The van der Waals surface area contributed by atoms with Gasteiger partial charge in [-0.15, -0.1) is 0 Å². The van der Waals surface area contributed by atoms with Crippen molar-refractivity contribution < 1.29 is 13.6 Å². The quantitative estimate of drug-likeness (QED) is 0.458. The molecule has 4 aromatic rings. The Hall–Kier alpha value is -3.94. The highest BCUT2D eigenvalue weighted by atomic mass is 19.1. The van der Waals surface area contributed by atoms with E-state index in [0.29, 0.717) is 42.5 Å². The van der Waals surface area contributed by atoms with Gasteiger partial charge in [-0.25, -0.2) is 24.3 Å². The minimum atomic E-state index is -0.272. The van der Waals surface area contributed by atoms with Gasteiger partial charge in [-0.05, 0) is 42.7 Å². The number of hydrogen-bond donors (Lipinski definition) is 0. The van der Waals surface area contributed by atoms with Crippen LogP contribution in [0.5, 0.6) is 0 Å². The maximum Gasteiger partial charge on any atom is 0.272 e. The van der Waals surface area contributed by atoms with Gasteiger partial charge in [0.2, 0.25) is 0 Å². The Balaban J connectivity index is 1.28. The predicted molar refractivity (Wildman–Crippen MR) is 119 cm³/mol. The van der Waals surface area contributed by atoms with Crippen LogP contribution in [0.15, 0.2) is 71.8 Å². The Morgan fingerprint density at radius 3 is 2.82 bits per heavy atom. The van der Waals surface area contributed by atoms with Crippen LogP contribution in [0.3, 0.4) is 0 Å².